The van der Waals surface area contributed by atoms with Gasteiger partial charge in [0, 0.05) is 24.3 Å². The van der Waals surface area contributed by atoms with Crippen molar-refractivity contribution >= 4 is 11.6 Å². The summed E-state index contributed by atoms with van der Waals surface area (Å²) in [5.41, 5.74) is 9.77. The third-order valence-corrected chi connectivity index (χ3v) is 4.49. The molecule has 1 fully saturated rings. The van der Waals surface area contributed by atoms with E-state index in [-0.39, 0.29) is 5.91 Å². The summed E-state index contributed by atoms with van der Waals surface area (Å²) in [6.07, 6.45) is 2.06. The number of likely N-dealkylation sites (tertiary alicyclic amines) is 1. The summed E-state index contributed by atoms with van der Waals surface area (Å²) >= 11 is 0. The third kappa shape index (κ3) is 3.14. The molecule has 3 nitrogen and oxygen atoms in total. The van der Waals surface area contributed by atoms with Crippen molar-refractivity contribution < 1.29 is 4.79 Å². The lowest BCUT2D eigenvalue weighted by Crippen LogP contribution is -2.37. The SMILES string of the molecule is Cc1ccc(C2CCN(C(=O)c3ccc(N)cc3)CC2)cc1. The van der Waals surface area contributed by atoms with E-state index in [1.54, 1.807) is 12.1 Å². The molecule has 0 unspecified atom stereocenters. The minimum Gasteiger partial charge on any atom is -0.399 e. The first-order chi connectivity index (χ1) is 10.6. The number of piperidine rings is 1. The van der Waals surface area contributed by atoms with Gasteiger partial charge in [0.15, 0.2) is 0 Å². The maximum Gasteiger partial charge on any atom is 0.253 e. The Balaban J connectivity index is 1.62. The normalized spacial score (nSPS) is 15.8. The molecule has 3 heteroatoms. The van der Waals surface area contributed by atoms with E-state index >= 15 is 0 Å². The molecule has 0 bridgehead atoms. The van der Waals surface area contributed by atoms with E-state index in [1.165, 1.54) is 11.1 Å². The van der Waals surface area contributed by atoms with Gasteiger partial charge in [-0.25, -0.2) is 0 Å². The number of benzene rings is 2. The van der Waals surface area contributed by atoms with Gasteiger partial charge in [0.05, 0.1) is 0 Å². The van der Waals surface area contributed by atoms with Crippen LogP contribution in [-0.2, 0) is 0 Å². The molecule has 1 saturated heterocycles. The monoisotopic (exact) mass is 294 g/mol. The van der Waals surface area contributed by atoms with Crippen LogP contribution < -0.4 is 5.73 Å². The molecule has 1 aliphatic rings. The van der Waals surface area contributed by atoms with E-state index in [9.17, 15) is 4.79 Å². The van der Waals surface area contributed by atoms with Crippen LogP contribution in [0.3, 0.4) is 0 Å². The maximum atomic E-state index is 12.5. The zero-order valence-corrected chi connectivity index (χ0v) is 13.0. The Morgan fingerprint density at radius 2 is 1.59 bits per heavy atom. The summed E-state index contributed by atoms with van der Waals surface area (Å²) in [6, 6.07) is 16.0. The number of carbonyl (C=O) groups excluding carboxylic acids is 1. The molecule has 1 aliphatic heterocycles. The molecule has 2 aromatic rings. The number of nitrogens with zero attached hydrogens (tertiary/aromatic N) is 1. The number of nitrogen functional groups attached to an aromatic ring is 1. The zero-order chi connectivity index (χ0) is 15.5. The smallest absolute Gasteiger partial charge is 0.253 e. The Hall–Kier alpha value is -2.29. The number of rotatable bonds is 2. The second-order valence-corrected chi connectivity index (χ2v) is 6.10. The van der Waals surface area contributed by atoms with Crippen molar-refractivity contribution in [3.05, 3.63) is 65.2 Å². The van der Waals surface area contributed by atoms with E-state index < -0.39 is 0 Å². The molecule has 114 valence electrons. The predicted molar refractivity (Wildman–Crippen MR) is 89.9 cm³/mol. The minimum absolute atomic E-state index is 0.113. The summed E-state index contributed by atoms with van der Waals surface area (Å²) in [6.45, 7) is 3.75. The summed E-state index contributed by atoms with van der Waals surface area (Å²) in [4.78, 5) is 14.4. The Morgan fingerprint density at radius 1 is 1.00 bits per heavy atom. The molecular formula is C19H22N2O. The highest BCUT2D eigenvalue weighted by Gasteiger charge is 2.24. The Bertz CT molecular complexity index is 638. The van der Waals surface area contributed by atoms with E-state index in [0.29, 0.717) is 11.6 Å². The molecule has 0 atom stereocenters. The van der Waals surface area contributed by atoms with Crippen LogP contribution in [0.2, 0.25) is 0 Å². The minimum atomic E-state index is 0.113. The number of aryl methyl sites for hydroxylation is 1. The summed E-state index contributed by atoms with van der Waals surface area (Å²) in [5.74, 6) is 0.679. The third-order valence-electron chi connectivity index (χ3n) is 4.49. The van der Waals surface area contributed by atoms with Gasteiger partial charge >= 0.3 is 0 Å². The largest absolute Gasteiger partial charge is 0.399 e. The van der Waals surface area contributed by atoms with Gasteiger partial charge < -0.3 is 10.6 Å². The van der Waals surface area contributed by atoms with E-state index in [1.807, 2.05) is 17.0 Å². The molecular weight excluding hydrogens is 272 g/mol. The first-order valence-corrected chi connectivity index (χ1v) is 7.85. The van der Waals surface area contributed by atoms with Gasteiger partial charge in [0.2, 0.25) is 0 Å². The van der Waals surface area contributed by atoms with Gasteiger partial charge in [0.1, 0.15) is 0 Å². The molecule has 0 radical (unpaired) electrons. The van der Waals surface area contributed by atoms with Crippen molar-refractivity contribution in [2.45, 2.75) is 25.7 Å². The highest BCUT2D eigenvalue weighted by molar-refractivity contribution is 5.94. The van der Waals surface area contributed by atoms with Crippen LogP contribution in [0.1, 0.15) is 40.2 Å². The van der Waals surface area contributed by atoms with E-state index in [2.05, 4.69) is 31.2 Å². The van der Waals surface area contributed by atoms with Crippen molar-refractivity contribution in [3.63, 3.8) is 0 Å². The second-order valence-electron chi connectivity index (χ2n) is 6.10. The Kier molecular flexibility index (Phi) is 4.14. The fourth-order valence-corrected chi connectivity index (χ4v) is 3.06. The molecule has 0 aromatic heterocycles. The van der Waals surface area contributed by atoms with Gasteiger partial charge in [-0.3, -0.25) is 4.79 Å². The Morgan fingerprint density at radius 3 is 2.18 bits per heavy atom. The average Bonchev–Trinajstić information content (AvgIpc) is 2.56. The first kappa shape index (κ1) is 14.6. The van der Waals surface area contributed by atoms with Crippen molar-refractivity contribution in [1.29, 1.82) is 0 Å². The molecule has 2 N–H and O–H groups in total. The number of amides is 1. The van der Waals surface area contributed by atoms with Crippen LogP contribution in [0.4, 0.5) is 5.69 Å². The van der Waals surface area contributed by atoms with Crippen molar-refractivity contribution in [3.8, 4) is 0 Å². The average molecular weight is 294 g/mol. The Labute approximate surface area is 131 Å². The topological polar surface area (TPSA) is 46.3 Å². The predicted octanol–water partition coefficient (Wildman–Crippen LogP) is 3.60. The molecule has 0 spiro atoms. The highest BCUT2D eigenvalue weighted by atomic mass is 16.2. The van der Waals surface area contributed by atoms with Crippen LogP contribution in [0.5, 0.6) is 0 Å². The van der Waals surface area contributed by atoms with E-state index in [0.717, 1.165) is 31.5 Å². The van der Waals surface area contributed by atoms with Gasteiger partial charge in [0.25, 0.3) is 5.91 Å². The number of hydrogen-bond donors (Lipinski definition) is 1. The number of nitrogens with two attached hydrogens (primary N) is 1. The molecule has 0 aliphatic carbocycles. The highest BCUT2D eigenvalue weighted by Crippen LogP contribution is 2.28. The van der Waals surface area contributed by atoms with Gasteiger partial charge in [-0.05, 0) is 55.5 Å². The van der Waals surface area contributed by atoms with Crippen LogP contribution in [0.15, 0.2) is 48.5 Å². The lowest BCUT2D eigenvalue weighted by Gasteiger charge is -2.32. The zero-order valence-electron chi connectivity index (χ0n) is 13.0. The van der Waals surface area contributed by atoms with Crippen LogP contribution in [0, 0.1) is 6.92 Å². The van der Waals surface area contributed by atoms with Crippen LogP contribution in [-0.4, -0.2) is 23.9 Å². The van der Waals surface area contributed by atoms with Crippen LogP contribution >= 0.6 is 0 Å². The lowest BCUT2D eigenvalue weighted by molar-refractivity contribution is 0.0713. The van der Waals surface area contributed by atoms with Crippen molar-refractivity contribution in [2.75, 3.05) is 18.8 Å². The summed E-state index contributed by atoms with van der Waals surface area (Å²) in [5, 5.41) is 0. The lowest BCUT2D eigenvalue weighted by atomic mass is 9.89. The second kappa shape index (κ2) is 6.22. The fourth-order valence-electron chi connectivity index (χ4n) is 3.06. The van der Waals surface area contributed by atoms with Gasteiger partial charge in [-0.15, -0.1) is 0 Å². The van der Waals surface area contributed by atoms with E-state index in [4.69, 9.17) is 5.73 Å². The number of carbonyl (C=O) groups is 1. The fraction of sp³-hybridized carbons (Fsp3) is 0.316. The van der Waals surface area contributed by atoms with Gasteiger partial charge in [-0.2, -0.15) is 0 Å². The molecule has 0 saturated carbocycles. The molecule has 2 aromatic carbocycles. The van der Waals surface area contributed by atoms with Crippen molar-refractivity contribution in [2.24, 2.45) is 0 Å². The number of anilines is 1. The van der Waals surface area contributed by atoms with Crippen LogP contribution in [0.25, 0.3) is 0 Å². The molecule has 3 rings (SSSR count). The quantitative estimate of drug-likeness (QED) is 0.860. The first-order valence-electron chi connectivity index (χ1n) is 7.85. The molecule has 1 heterocycles. The maximum absolute atomic E-state index is 12.5. The summed E-state index contributed by atoms with van der Waals surface area (Å²) in [7, 11) is 0. The van der Waals surface area contributed by atoms with Gasteiger partial charge in [-0.1, -0.05) is 29.8 Å². The van der Waals surface area contributed by atoms with Crippen molar-refractivity contribution in [1.82, 2.24) is 4.90 Å². The summed E-state index contributed by atoms with van der Waals surface area (Å²) < 4.78 is 0. The standard InChI is InChI=1S/C19H22N2O/c1-14-2-4-15(5-3-14)16-10-12-21(13-11-16)19(22)17-6-8-18(20)9-7-17/h2-9,16H,10-13,20H2,1H3. The molecule has 22 heavy (non-hydrogen) atoms. The number of hydrogen-bond acceptors (Lipinski definition) is 2. The molecule has 1 amide bonds.